The van der Waals surface area contributed by atoms with Gasteiger partial charge < -0.3 is 14.6 Å². The second-order valence-electron chi connectivity index (χ2n) is 3.68. The van der Waals surface area contributed by atoms with E-state index in [1.807, 2.05) is 6.92 Å². The molecule has 0 unspecified atom stereocenters. The average Bonchev–Trinajstić information content (AvgIpc) is 2.58. The number of rotatable bonds is 5. The van der Waals surface area contributed by atoms with Crippen molar-refractivity contribution in [1.29, 1.82) is 0 Å². The number of carbonyl (C=O) groups is 2. The van der Waals surface area contributed by atoms with Gasteiger partial charge in [0.2, 0.25) is 0 Å². The van der Waals surface area contributed by atoms with E-state index in [2.05, 4.69) is 0 Å². The van der Waals surface area contributed by atoms with Gasteiger partial charge in [-0.15, -0.1) is 0 Å². The number of carbonyl (C=O) groups excluding carboxylic acids is 1. The van der Waals surface area contributed by atoms with Gasteiger partial charge in [-0.05, 0) is 13.0 Å². The summed E-state index contributed by atoms with van der Waals surface area (Å²) in [6, 6.07) is 1.58. The van der Waals surface area contributed by atoms with Crippen LogP contribution in [0.2, 0.25) is 5.02 Å². The largest absolute Gasteiger partial charge is 0.481 e. The van der Waals surface area contributed by atoms with Gasteiger partial charge >= 0.3 is 5.97 Å². The number of amides is 1. The number of halogens is 1. The first kappa shape index (κ1) is 13.6. The Labute approximate surface area is 105 Å². The van der Waals surface area contributed by atoms with Crippen LogP contribution in [0.4, 0.5) is 0 Å². The van der Waals surface area contributed by atoms with Crippen molar-refractivity contribution in [3.8, 4) is 0 Å². The SMILES string of the molecule is CCN(CCC(=O)O)C(=O)c1cc(Cl)cn1C. The molecule has 0 saturated carbocycles. The molecule has 94 valence electrons. The van der Waals surface area contributed by atoms with Gasteiger partial charge in [-0.25, -0.2) is 0 Å². The lowest BCUT2D eigenvalue weighted by Crippen LogP contribution is -2.33. The molecule has 1 aromatic heterocycles. The van der Waals surface area contributed by atoms with Gasteiger partial charge in [0.1, 0.15) is 5.69 Å². The van der Waals surface area contributed by atoms with E-state index in [1.165, 1.54) is 4.90 Å². The summed E-state index contributed by atoms with van der Waals surface area (Å²) in [6.07, 6.45) is 1.58. The molecule has 0 aliphatic carbocycles. The van der Waals surface area contributed by atoms with Crippen molar-refractivity contribution in [2.24, 2.45) is 7.05 Å². The number of aliphatic carboxylic acids is 1. The van der Waals surface area contributed by atoms with Crippen LogP contribution in [0, 0.1) is 0 Å². The van der Waals surface area contributed by atoms with E-state index in [1.54, 1.807) is 23.9 Å². The van der Waals surface area contributed by atoms with E-state index in [0.29, 0.717) is 17.3 Å². The summed E-state index contributed by atoms with van der Waals surface area (Å²) in [4.78, 5) is 24.0. The van der Waals surface area contributed by atoms with Crippen LogP contribution in [0.1, 0.15) is 23.8 Å². The molecular formula is C11H15ClN2O3. The number of nitrogens with zero attached hydrogens (tertiary/aromatic N) is 2. The molecule has 0 aliphatic rings. The van der Waals surface area contributed by atoms with Crippen LogP contribution in [-0.4, -0.2) is 39.5 Å². The first-order valence-electron chi connectivity index (χ1n) is 5.28. The first-order valence-corrected chi connectivity index (χ1v) is 5.66. The number of aromatic nitrogens is 1. The summed E-state index contributed by atoms with van der Waals surface area (Å²) in [5.74, 6) is -1.12. The van der Waals surface area contributed by atoms with Gasteiger partial charge in [0.05, 0.1) is 11.4 Å². The lowest BCUT2D eigenvalue weighted by molar-refractivity contribution is -0.137. The smallest absolute Gasteiger partial charge is 0.305 e. The molecule has 0 fully saturated rings. The Morgan fingerprint density at radius 1 is 1.53 bits per heavy atom. The van der Waals surface area contributed by atoms with E-state index in [4.69, 9.17) is 16.7 Å². The summed E-state index contributed by atoms with van der Waals surface area (Å²) >= 11 is 5.80. The van der Waals surface area contributed by atoms with Gasteiger partial charge in [0.15, 0.2) is 0 Å². The number of hydrogen-bond acceptors (Lipinski definition) is 2. The standard InChI is InChI=1S/C11H15ClN2O3/c1-3-14(5-4-10(15)16)11(17)9-6-8(12)7-13(9)2/h6-7H,3-5H2,1-2H3,(H,15,16). The molecule has 0 atom stereocenters. The molecule has 0 spiro atoms. The van der Waals surface area contributed by atoms with Crippen molar-refractivity contribution in [2.75, 3.05) is 13.1 Å². The maximum Gasteiger partial charge on any atom is 0.305 e. The number of carboxylic acid groups (broad SMARTS) is 1. The van der Waals surface area contributed by atoms with Crippen LogP contribution >= 0.6 is 11.6 Å². The van der Waals surface area contributed by atoms with E-state index < -0.39 is 5.97 Å². The zero-order valence-electron chi connectivity index (χ0n) is 9.81. The topological polar surface area (TPSA) is 62.5 Å². The fourth-order valence-electron chi connectivity index (χ4n) is 1.53. The second kappa shape index (κ2) is 5.72. The van der Waals surface area contributed by atoms with Crippen molar-refractivity contribution < 1.29 is 14.7 Å². The Balaban J connectivity index is 2.79. The number of aryl methyl sites for hydroxylation is 1. The third-order valence-corrected chi connectivity index (χ3v) is 2.66. The van der Waals surface area contributed by atoms with E-state index in [-0.39, 0.29) is 18.9 Å². The predicted molar refractivity (Wildman–Crippen MR) is 64.3 cm³/mol. The zero-order valence-corrected chi connectivity index (χ0v) is 10.6. The molecule has 1 heterocycles. The fraction of sp³-hybridized carbons (Fsp3) is 0.455. The molecule has 6 heteroatoms. The summed E-state index contributed by atoms with van der Waals surface area (Å²) < 4.78 is 1.63. The highest BCUT2D eigenvalue weighted by atomic mass is 35.5. The summed E-state index contributed by atoms with van der Waals surface area (Å²) in [5, 5.41) is 9.10. The molecule has 17 heavy (non-hydrogen) atoms. The Kier molecular flexibility index (Phi) is 4.57. The fourth-order valence-corrected chi connectivity index (χ4v) is 1.78. The Morgan fingerprint density at radius 3 is 2.59 bits per heavy atom. The molecule has 0 saturated heterocycles. The lowest BCUT2D eigenvalue weighted by atomic mass is 10.3. The molecule has 0 radical (unpaired) electrons. The number of hydrogen-bond donors (Lipinski definition) is 1. The average molecular weight is 259 g/mol. The van der Waals surface area contributed by atoms with Crippen LogP contribution in [0.25, 0.3) is 0 Å². The van der Waals surface area contributed by atoms with E-state index in [9.17, 15) is 9.59 Å². The highest BCUT2D eigenvalue weighted by Gasteiger charge is 2.18. The van der Waals surface area contributed by atoms with E-state index in [0.717, 1.165) is 0 Å². The van der Waals surface area contributed by atoms with Gasteiger partial charge in [-0.1, -0.05) is 11.6 Å². The van der Waals surface area contributed by atoms with Crippen molar-refractivity contribution >= 4 is 23.5 Å². The second-order valence-corrected chi connectivity index (χ2v) is 4.12. The van der Waals surface area contributed by atoms with Crippen molar-refractivity contribution in [1.82, 2.24) is 9.47 Å². The van der Waals surface area contributed by atoms with Gasteiger partial charge in [0, 0.05) is 26.3 Å². The molecular weight excluding hydrogens is 244 g/mol. The third kappa shape index (κ3) is 3.49. The monoisotopic (exact) mass is 258 g/mol. The maximum atomic E-state index is 12.1. The Morgan fingerprint density at radius 2 is 2.18 bits per heavy atom. The zero-order chi connectivity index (χ0) is 13.0. The van der Waals surface area contributed by atoms with Crippen molar-refractivity contribution in [2.45, 2.75) is 13.3 Å². The Bertz CT molecular complexity index is 428. The van der Waals surface area contributed by atoms with Crippen molar-refractivity contribution in [3.63, 3.8) is 0 Å². The summed E-state index contributed by atoms with van der Waals surface area (Å²) in [5.41, 5.74) is 0.460. The minimum atomic E-state index is -0.916. The molecule has 1 aromatic rings. The highest BCUT2D eigenvalue weighted by Crippen LogP contribution is 2.14. The molecule has 0 aromatic carbocycles. The molecule has 0 bridgehead atoms. The normalized spacial score (nSPS) is 10.3. The van der Waals surface area contributed by atoms with Gasteiger partial charge in [-0.2, -0.15) is 0 Å². The first-order chi connectivity index (χ1) is 7.95. The van der Waals surface area contributed by atoms with Crippen LogP contribution in [0.5, 0.6) is 0 Å². The minimum absolute atomic E-state index is 0.0578. The number of carboxylic acids is 1. The van der Waals surface area contributed by atoms with Crippen LogP contribution < -0.4 is 0 Å². The highest BCUT2D eigenvalue weighted by molar-refractivity contribution is 6.31. The third-order valence-electron chi connectivity index (χ3n) is 2.46. The maximum absolute atomic E-state index is 12.1. The molecule has 1 amide bonds. The molecule has 1 N–H and O–H groups in total. The van der Waals surface area contributed by atoms with Crippen LogP contribution in [-0.2, 0) is 11.8 Å². The summed E-state index contributed by atoms with van der Waals surface area (Å²) in [7, 11) is 1.73. The molecule has 1 rings (SSSR count). The van der Waals surface area contributed by atoms with E-state index >= 15 is 0 Å². The van der Waals surface area contributed by atoms with Gasteiger partial charge in [0.25, 0.3) is 5.91 Å². The van der Waals surface area contributed by atoms with Gasteiger partial charge in [-0.3, -0.25) is 9.59 Å². The Hall–Kier alpha value is -1.49. The molecule has 5 nitrogen and oxygen atoms in total. The quantitative estimate of drug-likeness (QED) is 0.873. The van der Waals surface area contributed by atoms with Crippen LogP contribution in [0.15, 0.2) is 12.3 Å². The van der Waals surface area contributed by atoms with Crippen molar-refractivity contribution in [3.05, 3.63) is 23.0 Å². The van der Waals surface area contributed by atoms with Crippen LogP contribution in [0.3, 0.4) is 0 Å². The lowest BCUT2D eigenvalue weighted by Gasteiger charge is -2.20. The molecule has 0 aliphatic heterocycles. The minimum Gasteiger partial charge on any atom is -0.481 e. The summed E-state index contributed by atoms with van der Waals surface area (Å²) in [6.45, 7) is 2.48. The predicted octanol–water partition coefficient (Wildman–Crippen LogP) is 1.62.